The summed E-state index contributed by atoms with van der Waals surface area (Å²) in [7, 11) is 3.53. The second kappa shape index (κ2) is 29.6. The van der Waals surface area contributed by atoms with Gasteiger partial charge < -0.3 is 28.6 Å². The highest BCUT2D eigenvalue weighted by Crippen LogP contribution is 2.30. The lowest BCUT2D eigenvalue weighted by atomic mass is 10.2. The summed E-state index contributed by atoms with van der Waals surface area (Å²) in [6, 6.07) is 24.4. The average Bonchev–Trinajstić information content (AvgIpc) is 3.14. The number of benzene rings is 3. The van der Waals surface area contributed by atoms with Crippen LogP contribution in [0.3, 0.4) is 0 Å². The summed E-state index contributed by atoms with van der Waals surface area (Å²) in [6.45, 7) is 16.6. The molecule has 0 spiro atoms. The first kappa shape index (κ1) is 46.1. The van der Waals surface area contributed by atoms with Crippen molar-refractivity contribution in [2.24, 2.45) is 0 Å². The van der Waals surface area contributed by atoms with Crippen LogP contribution in [0.2, 0.25) is 0 Å². The number of nitrogens with zero attached hydrogens (tertiary/aromatic N) is 1. The van der Waals surface area contributed by atoms with Gasteiger partial charge in [0.15, 0.2) is 0 Å². The molecule has 0 aromatic heterocycles. The van der Waals surface area contributed by atoms with Crippen molar-refractivity contribution in [3.05, 3.63) is 89.5 Å². The van der Waals surface area contributed by atoms with E-state index in [9.17, 15) is 0 Å². The van der Waals surface area contributed by atoms with Crippen LogP contribution in [0.25, 0.3) is 0 Å². The van der Waals surface area contributed by atoms with Gasteiger partial charge in [0.05, 0.1) is 57.8 Å². The molecule has 0 saturated heterocycles. The predicted molar refractivity (Wildman–Crippen MR) is 221 cm³/mol. The summed E-state index contributed by atoms with van der Waals surface area (Å²) in [5.74, 6) is 11.8. The van der Waals surface area contributed by atoms with Gasteiger partial charge in [-0.1, -0.05) is 81.7 Å². The van der Waals surface area contributed by atoms with Crippen molar-refractivity contribution in [2.75, 3.05) is 43.6 Å². The lowest BCUT2D eigenvalue weighted by Crippen LogP contribution is -2.23. The quantitative estimate of drug-likeness (QED) is 0.0646. The summed E-state index contributed by atoms with van der Waals surface area (Å²) in [5.41, 5.74) is 4.53. The zero-order valence-corrected chi connectivity index (χ0v) is 33.3. The number of rotatable bonds is 20. The molecule has 0 saturated carbocycles. The molecule has 0 radical (unpaired) electrons. The van der Waals surface area contributed by atoms with Gasteiger partial charge in [0.2, 0.25) is 0 Å². The Labute approximate surface area is 322 Å². The molecular weight excluding hydrogens is 687 g/mol. The fourth-order valence-electron chi connectivity index (χ4n) is 3.83. The second-order valence-electron chi connectivity index (χ2n) is 12.0. The predicted octanol–water partition coefficient (Wildman–Crippen LogP) is 9.31. The van der Waals surface area contributed by atoms with E-state index in [-0.39, 0.29) is 18.3 Å². The molecule has 3 aromatic rings. The van der Waals surface area contributed by atoms with Gasteiger partial charge >= 0.3 is 0 Å². The van der Waals surface area contributed by atoms with Gasteiger partial charge in [-0.3, -0.25) is 0 Å². The molecule has 0 fully saturated rings. The molecular formula is C44H55NO5S2. The summed E-state index contributed by atoms with van der Waals surface area (Å²) in [5, 5.41) is 0. The van der Waals surface area contributed by atoms with E-state index in [0.717, 1.165) is 28.3 Å². The highest BCUT2D eigenvalue weighted by molar-refractivity contribution is 8.76. The van der Waals surface area contributed by atoms with E-state index in [2.05, 4.69) is 47.9 Å². The minimum atomic E-state index is 0.240. The number of terminal acetylenes is 4. The number of ether oxygens (including phenoxy) is 5. The van der Waals surface area contributed by atoms with E-state index in [1.165, 1.54) is 10.5 Å². The van der Waals surface area contributed by atoms with Crippen LogP contribution in [-0.4, -0.2) is 57.0 Å². The van der Waals surface area contributed by atoms with Crippen molar-refractivity contribution >= 4 is 27.3 Å². The molecule has 3 aromatic carbocycles. The molecule has 0 aliphatic carbocycles. The number of anilines is 1. The van der Waals surface area contributed by atoms with Crippen LogP contribution in [0.1, 0.15) is 58.2 Å². The zero-order chi connectivity index (χ0) is 38.4. The van der Waals surface area contributed by atoms with E-state index in [1.807, 2.05) is 95.0 Å². The molecule has 278 valence electrons. The molecule has 52 heavy (non-hydrogen) atoms. The van der Waals surface area contributed by atoms with Crippen molar-refractivity contribution in [3.63, 3.8) is 0 Å². The minimum absolute atomic E-state index is 0.240. The van der Waals surface area contributed by atoms with Gasteiger partial charge in [-0.2, -0.15) is 0 Å². The summed E-state index contributed by atoms with van der Waals surface area (Å²) < 4.78 is 27.0. The molecule has 0 atom stereocenters. The Kier molecular flexibility index (Phi) is 26.2. The number of hydrogen-bond donors (Lipinski definition) is 0. The topological polar surface area (TPSA) is 49.4 Å². The van der Waals surface area contributed by atoms with Gasteiger partial charge in [0.1, 0.15) is 19.0 Å². The lowest BCUT2D eigenvalue weighted by Gasteiger charge is -2.19. The smallest absolute Gasteiger partial charge is 0.148 e. The Morgan fingerprint density at radius 2 is 1.02 bits per heavy atom. The molecule has 0 aliphatic rings. The van der Waals surface area contributed by atoms with E-state index < -0.39 is 0 Å². The fourth-order valence-corrected chi connectivity index (χ4v) is 5.68. The average molecular weight is 742 g/mol. The van der Waals surface area contributed by atoms with E-state index in [4.69, 9.17) is 49.4 Å². The van der Waals surface area contributed by atoms with Crippen LogP contribution in [0.5, 0.6) is 5.75 Å². The van der Waals surface area contributed by atoms with Gasteiger partial charge in [0.25, 0.3) is 0 Å². The molecule has 3 rings (SSSR count). The molecule has 0 N–H and O–H groups in total. The third-order valence-electron chi connectivity index (χ3n) is 6.44. The Bertz CT molecular complexity index is 1490. The first-order chi connectivity index (χ1) is 25.1. The molecule has 0 heterocycles. The highest BCUT2D eigenvalue weighted by Gasteiger charge is 2.04. The van der Waals surface area contributed by atoms with Crippen LogP contribution in [0.4, 0.5) is 5.69 Å². The summed E-state index contributed by atoms with van der Waals surface area (Å²) in [4.78, 5) is 3.22. The second-order valence-corrected chi connectivity index (χ2v) is 14.4. The first-order valence-corrected chi connectivity index (χ1v) is 19.5. The standard InChI is InChI=1S/C16H19NO.C15H20O2S2.C13H16O2/c1-5-11-17(12-6-2)16-9-7-15(8-10-16)13-18-14(3)4;1-4-9-16-10-11-18-19-15-7-5-14(6-8-15)12-17-13(2)3;1-4-9-14-13-7-5-12(6-8-13)10-15-11(2)3/h1-2,7-10,14H,11-13H2,3-4H3;1,5-8,13H,9-12H2,2-3H3;1,5-8,11H,9-10H2,2-3H3. The van der Waals surface area contributed by atoms with Crippen molar-refractivity contribution in [3.8, 4) is 55.1 Å². The van der Waals surface area contributed by atoms with Crippen LogP contribution >= 0.6 is 21.6 Å². The first-order valence-electron chi connectivity index (χ1n) is 17.2. The SMILES string of the molecule is C#CCN(CC#C)c1ccc(COC(C)C)cc1.C#CCOCCSSc1ccc(COC(C)C)cc1.C#CCOc1ccc(COC(C)C)cc1. The molecule has 0 aliphatic heterocycles. The zero-order valence-electron chi connectivity index (χ0n) is 31.6. The Morgan fingerprint density at radius 3 is 1.44 bits per heavy atom. The lowest BCUT2D eigenvalue weighted by molar-refractivity contribution is 0.0655. The maximum absolute atomic E-state index is 5.56. The fraction of sp³-hybridized carbons (Fsp3) is 0.409. The maximum atomic E-state index is 5.56. The van der Waals surface area contributed by atoms with Crippen molar-refractivity contribution in [1.29, 1.82) is 0 Å². The molecule has 6 nitrogen and oxygen atoms in total. The number of hydrogen-bond acceptors (Lipinski definition) is 8. The molecule has 0 amide bonds. The monoisotopic (exact) mass is 741 g/mol. The van der Waals surface area contributed by atoms with Crippen LogP contribution < -0.4 is 9.64 Å². The van der Waals surface area contributed by atoms with Gasteiger partial charge in [-0.25, -0.2) is 0 Å². The van der Waals surface area contributed by atoms with Crippen molar-refractivity contribution < 1.29 is 23.7 Å². The molecule has 0 unspecified atom stereocenters. The van der Waals surface area contributed by atoms with Crippen LogP contribution in [0.15, 0.2) is 77.7 Å². The third-order valence-corrected chi connectivity index (χ3v) is 8.78. The molecule has 0 bridgehead atoms. The third kappa shape index (κ3) is 23.5. The van der Waals surface area contributed by atoms with Crippen LogP contribution in [-0.2, 0) is 38.8 Å². The Morgan fingerprint density at radius 1 is 0.577 bits per heavy atom. The van der Waals surface area contributed by atoms with Crippen molar-refractivity contribution in [2.45, 2.75) is 84.6 Å². The van der Waals surface area contributed by atoms with Gasteiger partial charge in [-0.05, 0) is 94.6 Å². The van der Waals surface area contributed by atoms with E-state index in [1.54, 1.807) is 21.6 Å². The van der Waals surface area contributed by atoms with Gasteiger partial charge in [-0.15, -0.1) is 25.7 Å². The summed E-state index contributed by atoms with van der Waals surface area (Å²) in [6.07, 6.45) is 21.6. The highest BCUT2D eigenvalue weighted by atomic mass is 33.1. The Balaban J connectivity index is 0.000000393. The normalized spacial score (nSPS) is 10.2. The largest absolute Gasteiger partial charge is 0.481 e. The summed E-state index contributed by atoms with van der Waals surface area (Å²) >= 11 is 0. The van der Waals surface area contributed by atoms with E-state index in [0.29, 0.717) is 52.7 Å². The van der Waals surface area contributed by atoms with Crippen LogP contribution in [0, 0.1) is 49.4 Å². The van der Waals surface area contributed by atoms with E-state index >= 15 is 0 Å². The maximum Gasteiger partial charge on any atom is 0.148 e. The minimum Gasteiger partial charge on any atom is -0.481 e. The van der Waals surface area contributed by atoms with Crippen molar-refractivity contribution in [1.82, 2.24) is 0 Å². The Hall–Kier alpha value is -3.96. The van der Waals surface area contributed by atoms with Gasteiger partial charge in [0, 0.05) is 16.3 Å². The molecule has 8 heteroatoms.